The highest BCUT2D eigenvalue weighted by Crippen LogP contribution is 2.34. The molecule has 0 radical (unpaired) electrons. The maximum absolute atomic E-state index is 5.52. The van der Waals surface area contributed by atoms with E-state index < -0.39 is 0 Å². The quantitative estimate of drug-likeness (QED) is 0.706. The third-order valence-electron chi connectivity index (χ3n) is 5.28. The topological polar surface area (TPSA) is 46.6 Å². The van der Waals surface area contributed by atoms with Crippen LogP contribution < -0.4 is 15.0 Å². The predicted octanol–water partition coefficient (Wildman–Crippen LogP) is 4.56. The molecule has 1 unspecified atom stereocenters. The Kier molecular flexibility index (Phi) is 5.35. The zero-order valence-corrected chi connectivity index (χ0v) is 16.7. The van der Waals surface area contributed by atoms with Crippen molar-refractivity contribution in [1.29, 1.82) is 0 Å². The minimum atomic E-state index is 0.148. The number of benzene rings is 2. The molecule has 0 bridgehead atoms. The number of pyridine rings is 1. The maximum Gasteiger partial charge on any atom is 0.145 e. The monoisotopic (exact) mass is 377 g/mol. The highest BCUT2D eigenvalue weighted by molar-refractivity contribution is 5.95. The molecule has 1 fully saturated rings. The zero-order chi connectivity index (χ0) is 19.5. The maximum atomic E-state index is 5.52. The van der Waals surface area contributed by atoms with Gasteiger partial charge < -0.3 is 19.7 Å². The Balaban J connectivity index is 1.69. The normalized spacial score (nSPS) is 15.5. The van der Waals surface area contributed by atoms with E-state index in [-0.39, 0.29) is 6.04 Å². The Hall–Kier alpha value is -2.79. The first-order valence-electron chi connectivity index (χ1n) is 9.80. The number of nitrogens with one attached hydrogen (secondary N) is 1. The molecule has 2 heterocycles. The van der Waals surface area contributed by atoms with Gasteiger partial charge in [-0.2, -0.15) is 0 Å². The molecule has 1 atom stereocenters. The number of fused-ring (bicyclic) bond motifs is 1. The minimum absolute atomic E-state index is 0.148. The first-order valence-corrected chi connectivity index (χ1v) is 9.80. The number of morpholine rings is 1. The van der Waals surface area contributed by atoms with Gasteiger partial charge in [0.25, 0.3) is 0 Å². The van der Waals surface area contributed by atoms with E-state index in [0.29, 0.717) is 0 Å². The summed E-state index contributed by atoms with van der Waals surface area (Å²) in [7, 11) is 1.69. The van der Waals surface area contributed by atoms with Crippen molar-refractivity contribution < 1.29 is 9.47 Å². The van der Waals surface area contributed by atoms with Crippen LogP contribution in [-0.2, 0) is 4.74 Å². The van der Waals surface area contributed by atoms with Crippen molar-refractivity contribution in [1.82, 2.24) is 4.98 Å². The third kappa shape index (κ3) is 3.62. The lowest BCUT2D eigenvalue weighted by Gasteiger charge is -2.32. The Morgan fingerprint density at radius 3 is 2.68 bits per heavy atom. The summed E-state index contributed by atoms with van der Waals surface area (Å²) < 4.78 is 11.0. The molecule has 1 aromatic heterocycles. The van der Waals surface area contributed by atoms with Gasteiger partial charge in [0.1, 0.15) is 11.3 Å². The first kappa shape index (κ1) is 18.6. The smallest absolute Gasteiger partial charge is 0.145 e. The van der Waals surface area contributed by atoms with Crippen molar-refractivity contribution in [3.63, 3.8) is 0 Å². The van der Waals surface area contributed by atoms with Gasteiger partial charge in [0, 0.05) is 35.5 Å². The lowest BCUT2D eigenvalue weighted by Crippen LogP contribution is -2.37. The number of aryl methyl sites for hydroxylation is 1. The lowest BCUT2D eigenvalue weighted by atomic mass is 10.0. The summed E-state index contributed by atoms with van der Waals surface area (Å²) in [6.07, 6.45) is 0. The van der Waals surface area contributed by atoms with E-state index in [1.165, 1.54) is 11.3 Å². The zero-order valence-electron chi connectivity index (χ0n) is 16.7. The lowest BCUT2D eigenvalue weighted by molar-refractivity contribution is 0.122. The summed E-state index contributed by atoms with van der Waals surface area (Å²) >= 11 is 0. The van der Waals surface area contributed by atoms with Crippen LogP contribution in [0.25, 0.3) is 10.9 Å². The van der Waals surface area contributed by atoms with Crippen LogP contribution in [0.4, 0.5) is 11.4 Å². The number of hydrogen-bond acceptors (Lipinski definition) is 5. The van der Waals surface area contributed by atoms with Crippen LogP contribution in [0.15, 0.2) is 48.5 Å². The number of methoxy groups -OCH3 is 1. The number of para-hydroxylation sites is 2. The second kappa shape index (κ2) is 8.07. The van der Waals surface area contributed by atoms with Gasteiger partial charge in [-0.15, -0.1) is 0 Å². The molecule has 1 saturated heterocycles. The fraction of sp³-hybridized carbons (Fsp3) is 0.348. The van der Waals surface area contributed by atoms with E-state index in [1.54, 1.807) is 7.11 Å². The van der Waals surface area contributed by atoms with Crippen LogP contribution in [0.1, 0.15) is 24.2 Å². The molecular formula is C23H27N3O2. The van der Waals surface area contributed by atoms with Gasteiger partial charge >= 0.3 is 0 Å². The summed E-state index contributed by atoms with van der Waals surface area (Å²) in [6, 6.07) is 16.9. The van der Waals surface area contributed by atoms with Crippen molar-refractivity contribution in [3.05, 3.63) is 59.8 Å². The van der Waals surface area contributed by atoms with Crippen LogP contribution in [0.2, 0.25) is 0 Å². The standard InChI is InChI=1S/C23H27N3O2/c1-16-15-20(19-8-6-10-22(27-3)23(19)24-16)25-17(2)18-7-4-5-9-21(18)26-11-13-28-14-12-26/h4-10,15,17H,11-14H2,1-3H3,(H,24,25). The van der Waals surface area contributed by atoms with E-state index in [9.17, 15) is 0 Å². The molecule has 28 heavy (non-hydrogen) atoms. The number of aromatic nitrogens is 1. The number of anilines is 2. The number of nitrogens with zero attached hydrogens (tertiary/aromatic N) is 2. The highest BCUT2D eigenvalue weighted by Gasteiger charge is 2.18. The summed E-state index contributed by atoms with van der Waals surface area (Å²) in [5, 5.41) is 4.79. The molecule has 5 nitrogen and oxygen atoms in total. The number of ether oxygens (including phenoxy) is 2. The van der Waals surface area contributed by atoms with Crippen LogP contribution >= 0.6 is 0 Å². The average molecular weight is 377 g/mol. The van der Waals surface area contributed by atoms with Gasteiger partial charge in [-0.25, -0.2) is 4.98 Å². The van der Waals surface area contributed by atoms with Gasteiger partial charge in [0.2, 0.25) is 0 Å². The Morgan fingerprint density at radius 2 is 1.89 bits per heavy atom. The molecular weight excluding hydrogens is 350 g/mol. The van der Waals surface area contributed by atoms with Crippen molar-refractivity contribution >= 4 is 22.3 Å². The van der Waals surface area contributed by atoms with Crippen LogP contribution in [-0.4, -0.2) is 38.4 Å². The SMILES string of the molecule is COc1cccc2c(NC(C)c3ccccc3N3CCOCC3)cc(C)nc12. The van der Waals surface area contributed by atoms with Crippen molar-refractivity contribution in [2.24, 2.45) is 0 Å². The summed E-state index contributed by atoms with van der Waals surface area (Å²) in [4.78, 5) is 7.10. The third-order valence-corrected chi connectivity index (χ3v) is 5.28. The molecule has 146 valence electrons. The number of hydrogen-bond donors (Lipinski definition) is 1. The molecule has 1 N–H and O–H groups in total. The molecule has 5 heteroatoms. The second-order valence-corrected chi connectivity index (χ2v) is 7.19. The van der Waals surface area contributed by atoms with E-state index in [1.807, 2.05) is 19.1 Å². The fourth-order valence-corrected chi connectivity index (χ4v) is 3.89. The Bertz CT molecular complexity index is 967. The molecule has 1 aliphatic rings. The Labute approximate surface area is 166 Å². The molecule has 0 saturated carbocycles. The molecule has 1 aliphatic heterocycles. The van der Waals surface area contributed by atoms with E-state index in [0.717, 1.165) is 54.3 Å². The van der Waals surface area contributed by atoms with Gasteiger partial charge in [-0.1, -0.05) is 30.3 Å². The van der Waals surface area contributed by atoms with Crippen molar-refractivity contribution in [2.75, 3.05) is 43.6 Å². The minimum Gasteiger partial charge on any atom is -0.494 e. The summed E-state index contributed by atoms with van der Waals surface area (Å²) in [5.41, 5.74) is 5.49. The van der Waals surface area contributed by atoms with Gasteiger partial charge in [-0.3, -0.25) is 0 Å². The largest absolute Gasteiger partial charge is 0.494 e. The number of rotatable bonds is 5. The van der Waals surface area contributed by atoms with Crippen LogP contribution in [0, 0.1) is 6.92 Å². The van der Waals surface area contributed by atoms with Gasteiger partial charge in [-0.05, 0) is 37.6 Å². The van der Waals surface area contributed by atoms with E-state index >= 15 is 0 Å². The molecule has 0 aliphatic carbocycles. The fourth-order valence-electron chi connectivity index (χ4n) is 3.89. The van der Waals surface area contributed by atoms with Gasteiger partial charge in [0.05, 0.1) is 26.4 Å². The molecule has 0 amide bonds. The van der Waals surface area contributed by atoms with E-state index in [4.69, 9.17) is 14.5 Å². The summed E-state index contributed by atoms with van der Waals surface area (Å²) in [6.45, 7) is 7.65. The predicted molar refractivity (Wildman–Crippen MR) is 115 cm³/mol. The molecule has 3 aromatic rings. The first-order chi connectivity index (χ1) is 13.7. The summed E-state index contributed by atoms with van der Waals surface area (Å²) in [5.74, 6) is 0.797. The van der Waals surface area contributed by atoms with Crippen LogP contribution in [0.5, 0.6) is 5.75 Å². The van der Waals surface area contributed by atoms with E-state index in [2.05, 4.69) is 53.5 Å². The molecule has 2 aromatic carbocycles. The highest BCUT2D eigenvalue weighted by atomic mass is 16.5. The van der Waals surface area contributed by atoms with Crippen molar-refractivity contribution in [3.8, 4) is 5.75 Å². The van der Waals surface area contributed by atoms with Crippen LogP contribution in [0.3, 0.4) is 0 Å². The molecule has 4 rings (SSSR count). The molecule has 0 spiro atoms. The van der Waals surface area contributed by atoms with Gasteiger partial charge in [0.15, 0.2) is 0 Å². The van der Waals surface area contributed by atoms with Crippen molar-refractivity contribution in [2.45, 2.75) is 19.9 Å². The second-order valence-electron chi connectivity index (χ2n) is 7.19. The Morgan fingerprint density at radius 1 is 1.11 bits per heavy atom. The average Bonchev–Trinajstić information content (AvgIpc) is 2.74.